The summed E-state index contributed by atoms with van der Waals surface area (Å²) in [4.78, 5) is 11.7. The number of anilines is 1. The Hall–Kier alpha value is -2.12. The molecule has 2 aromatic rings. The first-order valence-corrected chi connectivity index (χ1v) is 6.55. The highest BCUT2D eigenvalue weighted by Gasteiger charge is 2.33. The minimum absolute atomic E-state index is 0.00381. The van der Waals surface area contributed by atoms with Gasteiger partial charge in [0.2, 0.25) is 5.95 Å². The van der Waals surface area contributed by atoms with Crippen molar-refractivity contribution in [2.24, 2.45) is 7.05 Å². The van der Waals surface area contributed by atoms with Gasteiger partial charge in [-0.3, -0.25) is 0 Å². The van der Waals surface area contributed by atoms with E-state index in [9.17, 15) is 13.2 Å². The van der Waals surface area contributed by atoms with E-state index in [0.29, 0.717) is 12.4 Å². The Morgan fingerprint density at radius 1 is 1.29 bits per heavy atom. The van der Waals surface area contributed by atoms with Gasteiger partial charge in [-0.2, -0.15) is 13.2 Å². The molecular formula is C13H16F3N5. The van der Waals surface area contributed by atoms with Crippen LogP contribution >= 0.6 is 0 Å². The van der Waals surface area contributed by atoms with E-state index in [1.807, 2.05) is 6.92 Å². The summed E-state index contributed by atoms with van der Waals surface area (Å²) in [6, 6.07) is 0.964. The molecule has 1 N–H and O–H groups in total. The average molecular weight is 299 g/mol. The number of hydrogen-bond acceptors (Lipinski definition) is 4. The molecule has 2 aromatic heterocycles. The molecule has 0 radical (unpaired) electrons. The fraction of sp³-hybridized carbons (Fsp3) is 0.462. The van der Waals surface area contributed by atoms with Gasteiger partial charge in [0.05, 0.1) is 5.69 Å². The van der Waals surface area contributed by atoms with Gasteiger partial charge in [0.1, 0.15) is 11.5 Å². The first-order valence-electron chi connectivity index (χ1n) is 6.55. The van der Waals surface area contributed by atoms with E-state index in [1.165, 1.54) is 0 Å². The predicted molar refractivity (Wildman–Crippen MR) is 71.8 cm³/mol. The number of imidazole rings is 1. The van der Waals surface area contributed by atoms with Crippen LogP contribution in [-0.2, 0) is 19.6 Å². The van der Waals surface area contributed by atoms with E-state index in [4.69, 9.17) is 0 Å². The molecule has 0 fully saturated rings. The highest BCUT2D eigenvalue weighted by molar-refractivity contribution is 5.30. The molecule has 0 unspecified atom stereocenters. The fourth-order valence-corrected chi connectivity index (χ4v) is 1.78. The van der Waals surface area contributed by atoms with Crippen molar-refractivity contribution in [3.8, 4) is 0 Å². The topological polar surface area (TPSA) is 55.6 Å². The third kappa shape index (κ3) is 3.93. The highest BCUT2D eigenvalue weighted by Crippen LogP contribution is 2.29. The maximum absolute atomic E-state index is 12.9. The number of rotatable bonds is 5. The molecule has 0 aliphatic carbocycles. The second-order valence-corrected chi connectivity index (χ2v) is 4.62. The van der Waals surface area contributed by atoms with Crippen molar-refractivity contribution in [1.29, 1.82) is 0 Å². The summed E-state index contributed by atoms with van der Waals surface area (Å²) >= 11 is 0. The molecule has 8 heteroatoms. The second kappa shape index (κ2) is 6.11. The lowest BCUT2D eigenvalue weighted by Gasteiger charge is -2.11. The van der Waals surface area contributed by atoms with E-state index in [0.717, 1.165) is 12.5 Å². The maximum atomic E-state index is 12.9. The molecule has 0 atom stereocenters. The second-order valence-electron chi connectivity index (χ2n) is 4.62. The highest BCUT2D eigenvalue weighted by atomic mass is 19.4. The molecule has 5 nitrogen and oxygen atoms in total. The van der Waals surface area contributed by atoms with Gasteiger partial charge in [0.25, 0.3) is 0 Å². The van der Waals surface area contributed by atoms with Gasteiger partial charge < -0.3 is 9.88 Å². The summed E-state index contributed by atoms with van der Waals surface area (Å²) in [5, 5.41) is 2.79. The molecule has 0 saturated heterocycles. The molecule has 0 aliphatic rings. The van der Waals surface area contributed by atoms with Gasteiger partial charge in [-0.25, -0.2) is 15.0 Å². The van der Waals surface area contributed by atoms with Crippen LogP contribution in [0.15, 0.2) is 18.5 Å². The van der Waals surface area contributed by atoms with Crippen molar-refractivity contribution in [2.45, 2.75) is 25.9 Å². The zero-order valence-corrected chi connectivity index (χ0v) is 11.8. The quantitative estimate of drug-likeness (QED) is 0.922. The van der Waals surface area contributed by atoms with Gasteiger partial charge in [-0.15, -0.1) is 0 Å². The van der Waals surface area contributed by atoms with Crippen LogP contribution in [0.3, 0.4) is 0 Å². The van der Waals surface area contributed by atoms with Crippen molar-refractivity contribution >= 4 is 5.95 Å². The van der Waals surface area contributed by atoms with Gasteiger partial charge in [-0.1, -0.05) is 6.92 Å². The normalized spacial score (nSPS) is 11.7. The van der Waals surface area contributed by atoms with E-state index in [1.54, 1.807) is 24.0 Å². The minimum Gasteiger partial charge on any atom is -0.354 e. The van der Waals surface area contributed by atoms with Crippen LogP contribution < -0.4 is 5.32 Å². The zero-order chi connectivity index (χ0) is 15.5. The number of aryl methyl sites for hydroxylation is 1. The van der Waals surface area contributed by atoms with Crippen LogP contribution in [0.25, 0.3) is 0 Å². The van der Waals surface area contributed by atoms with Crippen LogP contribution in [0.5, 0.6) is 0 Å². The number of nitrogens with zero attached hydrogens (tertiary/aromatic N) is 4. The van der Waals surface area contributed by atoms with Crippen molar-refractivity contribution in [3.63, 3.8) is 0 Å². The molecule has 114 valence electrons. The minimum atomic E-state index is -4.50. The summed E-state index contributed by atoms with van der Waals surface area (Å²) in [6.07, 6.45) is -0.180. The Bertz CT molecular complexity index is 606. The number of nitrogens with one attached hydrogen (secondary N) is 1. The Kier molecular flexibility index (Phi) is 4.44. The average Bonchev–Trinajstić information content (AvgIpc) is 2.81. The summed E-state index contributed by atoms with van der Waals surface area (Å²) in [6.45, 7) is 2.43. The Morgan fingerprint density at radius 3 is 2.62 bits per heavy atom. The first-order chi connectivity index (χ1) is 9.90. The smallest absolute Gasteiger partial charge is 0.354 e. The van der Waals surface area contributed by atoms with Gasteiger partial charge in [-0.05, 0) is 12.5 Å². The monoisotopic (exact) mass is 299 g/mol. The van der Waals surface area contributed by atoms with E-state index in [-0.39, 0.29) is 18.1 Å². The number of halogens is 3. The Morgan fingerprint density at radius 2 is 2.05 bits per heavy atom. The largest absolute Gasteiger partial charge is 0.433 e. The summed E-state index contributed by atoms with van der Waals surface area (Å²) in [5.41, 5.74) is -0.662. The van der Waals surface area contributed by atoms with Crippen LogP contribution in [0.4, 0.5) is 19.1 Å². The van der Waals surface area contributed by atoms with Crippen molar-refractivity contribution < 1.29 is 13.2 Å². The SMILES string of the molecule is CCCNc1nc(Cc2nccn2C)cc(C(F)(F)F)n1. The lowest BCUT2D eigenvalue weighted by molar-refractivity contribution is -0.141. The van der Waals surface area contributed by atoms with Gasteiger partial charge in [0.15, 0.2) is 0 Å². The molecule has 0 amide bonds. The molecule has 0 spiro atoms. The van der Waals surface area contributed by atoms with Crippen LogP contribution in [0.2, 0.25) is 0 Å². The lowest BCUT2D eigenvalue weighted by Crippen LogP contribution is -2.14. The molecule has 0 saturated carbocycles. The number of alkyl halides is 3. The van der Waals surface area contributed by atoms with Crippen LogP contribution in [0.1, 0.15) is 30.6 Å². The molecule has 2 rings (SSSR count). The van der Waals surface area contributed by atoms with Crippen molar-refractivity contribution in [3.05, 3.63) is 35.7 Å². The Labute approximate surface area is 120 Å². The van der Waals surface area contributed by atoms with Crippen molar-refractivity contribution in [1.82, 2.24) is 19.5 Å². The maximum Gasteiger partial charge on any atom is 0.433 e. The van der Waals surface area contributed by atoms with Gasteiger partial charge in [0, 0.05) is 32.4 Å². The van der Waals surface area contributed by atoms with E-state index >= 15 is 0 Å². The molecule has 0 aromatic carbocycles. The standard InChI is InChI=1S/C13H16F3N5/c1-3-4-18-12-19-9(7-10(20-12)13(14,15)16)8-11-17-5-6-21(11)2/h5-7H,3-4,8H2,1-2H3,(H,18,19,20). The summed E-state index contributed by atoms with van der Waals surface area (Å²) in [7, 11) is 1.78. The molecular weight excluding hydrogens is 283 g/mol. The Balaban J connectivity index is 2.33. The fourth-order valence-electron chi connectivity index (χ4n) is 1.78. The van der Waals surface area contributed by atoms with E-state index < -0.39 is 11.9 Å². The molecule has 21 heavy (non-hydrogen) atoms. The predicted octanol–water partition coefficient (Wildman–Crippen LogP) is 2.64. The lowest BCUT2D eigenvalue weighted by atomic mass is 10.2. The van der Waals surface area contributed by atoms with Crippen molar-refractivity contribution in [2.75, 3.05) is 11.9 Å². The van der Waals surface area contributed by atoms with Crippen LogP contribution in [-0.4, -0.2) is 26.1 Å². The first kappa shape index (κ1) is 15.3. The molecule has 0 aliphatic heterocycles. The van der Waals surface area contributed by atoms with E-state index in [2.05, 4.69) is 20.3 Å². The summed E-state index contributed by atoms with van der Waals surface area (Å²) in [5.74, 6) is 0.638. The number of hydrogen-bond donors (Lipinski definition) is 1. The zero-order valence-electron chi connectivity index (χ0n) is 11.8. The van der Waals surface area contributed by atoms with Crippen LogP contribution in [0, 0.1) is 0 Å². The third-order valence-electron chi connectivity index (χ3n) is 2.86. The summed E-state index contributed by atoms with van der Waals surface area (Å²) < 4.78 is 40.4. The third-order valence-corrected chi connectivity index (χ3v) is 2.86. The molecule has 0 bridgehead atoms. The molecule has 2 heterocycles. The van der Waals surface area contributed by atoms with Gasteiger partial charge >= 0.3 is 6.18 Å². The number of aromatic nitrogens is 4.